The van der Waals surface area contributed by atoms with Crippen LogP contribution in [-0.2, 0) is 10.2 Å². The summed E-state index contributed by atoms with van der Waals surface area (Å²) in [5.74, 6) is -2.20. The third-order valence-electron chi connectivity index (χ3n) is 4.01. The van der Waals surface area contributed by atoms with E-state index in [0.29, 0.717) is 11.3 Å². The zero-order valence-electron chi connectivity index (χ0n) is 16.4. The molecule has 3 rings (SSSR count). The largest absolute Gasteiger partial charge is 0.452 e. The van der Waals surface area contributed by atoms with E-state index in [9.17, 15) is 17.2 Å². The van der Waals surface area contributed by atoms with Crippen LogP contribution in [0.3, 0.4) is 0 Å². The Morgan fingerprint density at radius 3 is 2.61 bits per heavy atom. The maximum Gasteiger partial charge on any atom is 0.300 e. The van der Waals surface area contributed by atoms with Crippen molar-refractivity contribution < 1.29 is 21.9 Å². The molecule has 164 valence electrons. The van der Waals surface area contributed by atoms with Crippen molar-refractivity contribution in [2.75, 3.05) is 16.6 Å². The lowest BCUT2D eigenvalue weighted by Gasteiger charge is -2.15. The highest BCUT2D eigenvalue weighted by Crippen LogP contribution is 2.33. The maximum absolute atomic E-state index is 14.8. The lowest BCUT2D eigenvalue weighted by Crippen LogP contribution is -2.30. The topological polar surface area (TPSA) is 105 Å². The van der Waals surface area contributed by atoms with Crippen LogP contribution in [0.2, 0.25) is 5.02 Å². The first-order valence-electron chi connectivity index (χ1n) is 8.96. The molecule has 0 radical (unpaired) electrons. The molecular formula is C19H18ClF2N5O3S. The van der Waals surface area contributed by atoms with Gasteiger partial charge in [-0.15, -0.1) is 0 Å². The van der Waals surface area contributed by atoms with Crippen LogP contribution in [0.25, 0.3) is 0 Å². The molecule has 2 heterocycles. The van der Waals surface area contributed by atoms with Gasteiger partial charge in [0.2, 0.25) is 5.82 Å². The van der Waals surface area contributed by atoms with Gasteiger partial charge < -0.3 is 10.1 Å². The summed E-state index contributed by atoms with van der Waals surface area (Å²) in [6.07, 6.45) is 3.99. The molecule has 0 amide bonds. The molecule has 0 unspecified atom stereocenters. The van der Waals surface area contributed by atoms with E-state index in [0.717, 1.165) is 6.07 Å². The van der Waals surface area contributed by atoms with Crippen molar-refractivity contribution in [1.29, 1.82) is 0 Å². The molecule has 1 aromatic carbocycles. The first kappa shape index (κ1) is 22.7. The maximum atomic E-state index is 14.8. The molecule has 31 heavy (non-hydrogen) atoms. The number of rotatable bonds is 8. The summed E-state index contributed by atoms with van der Waals surface area (Å²) >= 11 is 5.76. The number of nitrogens with one attached hydrogen (secondary N) is 3. The Morgan fingerprint density at radius 2 is 1.90 bits per heavy atom. The highest BCUT2D eigenvalue weighted by Gasteiger charge is 2.18. The zero-order valence-corrected chi connectivity index (χ0v) is 18.0. The Morgan fingerprint density at radius 1 is 1.13 bits per heavy atom. The number of anilines is 3. The van der Waals surface area contributed by atoms with Gasteiger partial charge in [0.1, 0.15) is 5.82 Å². The van der Waals surface area contributed by atoms with Crippen molar-refractivity contribution in [3.63, 3.8) is 0 Å². The van der Waals surface area contributed by atoms with Crippen LogP contribution in [0.15, 0.2) is 42.9 Å². The van der Waals surface area contributed by atoms with E-state index in [2.05, 4.69) is 20.0 Å². The van der Waals surface area contributed by atoms with Crippen molar-refractivity contribution in [2.24, 2.45) is 0 Å². The predicted molar refractivity (Wildman–Crippen MR) is 114 cm³/mol. The monoisotopic (exact) mass is 469 g/mol. The van der Waals surface area contributed by atoms with E-state index >= 15 is 0 Å². The molecule has 3 aromatic rings. The number of hydrogen-bond acceptors (Lipinski definition) is 6. The standard InChI is InChI=1S/C19H18ClF2N5O3S/c1-3-25-31(28,29)27-19-18(22)16(6-7-24-19)30-17-10-23-9-15(11(17)2)26-14-5-4-12(20)8-13(14)21/h4-10,25-26H,3H2,1-2H3,(H,24,27). The minimum absolute atomic E-state index is 0.117. The van der Waals surface area contributed by atoms with E-state index in [1.165, 1.54) is 36.8 Å². The van der Waals surface area contributed by atoms with Gasteiger partial charge in [0.05, 0.1) is 23.8 Å². The number of hydrogen-bond donors (Lipinski definition) is 3. The Hall–Kier alpha value is -3.02. The summed E-state index contributed by atoms with van der Waals surface area (Å²) in [7, 11) is -3.98. The number of nitrogens with zero attached hydrogens (tertiary/aromatic N) is 2. The van der Waals surface area contributed by atoms with Gasteiger partial charge in [-0.05, 0) is 25.1 Å². The Labute approximate surface area is 182 Å². The van der Waals surface area contributed by atoms with Crippen molar-refractivity contribution >= 4 is 39.0 Å². The highest BCUT2D eigenvalue weighted by molar-refractivity contribution is 7.90. The zero-order chi connectivity index (χ0) is 22.6. The molecule has 3 N–H and O–H groups in total. The molecule has 0 saturated heterocycles. The average Bonchev–Trinajstić information content (AvgIpc) is 2.69. The van der Waals surface area contributed by atoms with E-state index in [4.69, 9.17) is 16.3 Å². The summed E-state index contributed by atoms with van der Waals surface area (Å²) in [6, 6.07) is 5.39. The summed E-state index contributed by atoms with van der Waals surface area (Å²) < 4.78 is 62.2. The fourth-order valence-electron chi connectivity index (χ4n) is 2.52. The molecule has 0 aliphatic heterocycles. The van der Waals surface area contributed by atoms with Crippen molar-refractivity contribution in [3.05, 3.63) is 65.1 Å². The number of halogens is 3. The van der Waals surface area contributed by atoms with Crippen molar-refractivity contribution in [2.45, 2.75) is 13.8 Å². The molecule has 12 heteroatoms. The van der Waals surface area contributed by atoms with Gasteiger partial charge in [-0.25, -0.2) is 9.37 Å². The molecule has 0 aliphatic carbocycles. The lowest BCUT2D eigenvalue weighted by molar-refractivity contribution is 0.438. The second-order valence-corrected chi connectivity index (χ2v) is 8.17. The molecule has 0 bridgehead atoms. The lowest BCUT2D eigenvalue weighted by atomic mass is 10.2. The fourth-order valence-corrected chi connectivity index (χ4v) is 3.53. The van der Waals surface area contributed by atoms with Gasteiger partial charge in [0.25, 0.3) is 10.2 Å². The van der Waals surface area contributed by atoms with Gasteiger partial charge in [-0.2, -0.15) is 17.5 Å². The Kier molecular flexibility index (Phi) is 6.88. The minimum atomic E-state index is -3.98. The third-order valence-corrected chi connectivity index (χ3v) is 5.37. The van der Waals surface area contributed by atoms with Crippen LogP contribution in [0, 0.1) is 18.6 Å². The van der Waals surface area contributed by atoms with Crippen molar-refractivity contribution in [1.82, 2.24) is 14.7 Å². The summed E-state index contributed by atoms with van der Waals surface area (Å²) in [4.78, 5) is 7.72. The van der Waals surface area contributed by atoms with Crippen LogP contribution < -0.4 is 19.5 Å². The first-order valence-corrected chi connectivity index (χ1v) is 10.8. The van der Waals surface area contributed by atoms with E-state index < -0.39 is 27.7 Å². The summed E-state index contributed by atoms with van der Waals surface area (Å²) in [5, 5.41) is 3.14. The Bertz CT molecular complexity index is 1210. The molecule has 0 spiro atoms. The van der Waals surface area contributed by atoms with E-state index in [1.54, 1.807) is 13.8 Å². The van der Waals surface area contributed by atoms with Crippen LogP contribution in [0.1, 0.15) is 12.5 Å². The fraction of sp³-hybridized carbons (Fsp3) is 0.158. The number of ether oxygens (including phenoxy) is 1. The molecule has 0 atom stereocenters. The molecule has 0 aliphatic rings. The number of benzene rings is 1. The molecular weight excluding hydrogens is 452 g/mol. The second kappa shape index (κ2) is 9.41. The van der Waals surface area contributed by atoms with Crippen LogP contribution in [0.5, 0.6) is 11.5 Å². The summed E-state index contributed by atoms with van der Waals surface area (Å²) in [5.41, 5.74) is 1.10. The normalized spacial score (nSPS) is 11.3. The van der Waals surface area contributed by atoms with Gasteiger partial charge in [0, 0.05) is 29.4 Å². The molecule has 0 fully saturated rings. The smallest absolute Gasteiger partial charge is 0.300 e. The second-order valence-electron chi connectivity index (χ2n) is 6.24. The van der Waals surface area contributed by atoms with Crippen LogP contribution in [-0.4, -0.2) is 24.9 Å². The van der Waals surface area contributed by atoms with Gasteiger partial charge in [0.15, 0.2) is 17.3 Å². The number of pyridine rings is 2. The van der Waals surface area contributed by atoms with Gasteiger partial charge >= 0.3 is 0 Å². The first-order chi connectivity index (χ1) is 14.7. The Balaban J connectivity index is 1.87. The quantitative estimate of drug-likeness (QED) is 0.448. The SMILES string of the molecule is CCNS(=O)(=O)Nc1nccc(Oc2cncc(Nc3ccc(Cl)cc3F)c2C)c1F. The molecule has 2 aromatic heterocycles. The van der Waals surface area contributed by atoms with Gasteiger partial charge in [-0.3, -0.25) is 9.71 Å². The van der Waals surface area contributed by atoms with E-state index in [1.807, 2.05) is 4.72 Å². The van der Waals surface area contributed by atoms with Crippen LogP contribution >= 0.6 is 11.6 Å². The van der Waals surface area contributed by atoms with Gasteiger partial charge in [-0.1, -0.05) is 18.5 Å². The third kappa shape index (κ3) is 5.57. The van der Waals surface area contributed by atoms with E-state index in [-0.39, 0.29) is 28.8 Å². The van der Waals surface area contributed by atoms with Crippen LogP contribution in [0.4, 0.5) is 26.0 Å². The average molecular weight is 470 g/mol. The number of aromatic nitrogens is 2. The molecule has 8 nitrogen and oxygen atoms in total. The predicted octanol–water partition coefficient (Wildman–Crippen LogP) is 4.52. The van der Waals surface area contributed by atoms with Crippen molar-refractivity contribution in [3.8, 4) is 11.5 Å². The highest BCUT2D eigenvalue weighted by atomic mass is 35.5. The summed E-state index contributed by atoms with van der Waals surface area (Å²) in [6.45, 7) is 3.36. The molecule has 0 saturated carbocycles. The minimum Gasteiger partial charge on any atom is -0.452 e.